The van der Waals surface area contributed by atoms with Gasteiger partial charge in [-0.1, -0.05) is 18.2 Å². The van der Waals surface area contributed by atoms with E-state index in [0.717, 1.165) is 24.3 Å². The zero-order valence-corrected chi connectivity index (χ0v) is 18.2. The summed E-state index contributed by atoms with van der Waals surface area (Å²) < 4.78 is 11.3. The molecule has 0 aromatic heterocycles. The number of ketones is 1. The van der Waals surface area contributed by atoms with E-state index in [-0.39, 0.29) is 22.8 Å². The Morgan fingerprint density at radius 1 is 1.20 bits per heavy atom. The van der Waals surface area contributed by atoms with Crippen molar-refractivity contribution >= 4 is 23.6 Å². The van der Waals surface area contributed by atoms with Crippen LogP contribution in [0.15, 0.2) is 42.5 Å². The lowest BCUT2D eigenvalue weighted by Crippen LogP contribution is -2.27. The zero-order chi connectivity index (χ0) is 21.9. The zero-order valence-electron chi connectivity index (χ0n) is 18.2. The molecule has 158 valence electrons. The van der Waals surface area contributed by atoms with Gasteiger partial charge in [-0.15, -0.1) is 0 Å². The summed E-state index contributed by atoms with van der Waals surface area (Å²) >= 11 is 0. The number of hydrogen-bond acceptors (Lipinski definition) is 5. The van der Waals surface area contributed by atoms with Crippen LogP contribution in [0.3, 0.4) is 0 Å². The first kappa shape index (κ1) is 21.5. The topological polar surface area (TPSA) is 59.0 Å². The van der Waals surface area contributed by atoms with Gasteiger partial charge in [-0.2, -0.15) is 0 Å². The monoisotopic (exact) mass is 407 g/mol. The lowest BCUT2D eigenvalue weighted by Gasteiger charge is -2.29. The summed E-state index contributed by atoms with van der Waals surface area (Å²) in [6.45, 7) is 9.96. The Balaban J connectivity index is 1.88. The lowest BCUT2D eigenvalue weighted by atomic mass is 9.97. The van der Waals surface area contributed by atoms with Crippen molar-refractivity contribution in [2.24, 2.45) is 0 Å². The van der Waals surface area contributed by atoms with Gasteiger partial charge in [0.15, 0.2) is 5.78 Å². The highest BCUT2D eigenvalue weighted by molar-refractivity contribution is 6.11. The third kappa shape index (κ3) is 4.35. The average Bonchev–Trinajstić information content (AvgIpc) is 2.72. The Labute approximate surface area is 178 Å². The fraction of sp³-hybridized carbons (Fsp3) is 0.320. The summed E-state index contributed by atoms with van der Waals surface area (Å²) in [5, 5.41) is 10.8. The van der Waals surface area contributed by atoms with Crippen molar-refractivity contribution in [1.82, 2.24) is 0 Å². The number of carbonyl (C=O) groups is 1. The first-order chi connectivity index (χ1) is 14.3. The molecule has 0 bridgehead atoms. The van der Waals surface area contributed by atoms with Crippen molar-refractivity contribution in [3.63, 3.8) is 0 Å². The molecule has 1 N–H and O–H groups in total. The number of hydrogen-bond donors (Lipinski definition) is 1. The third-order valence-corrected chi connectivity index (χ3v) is 5.21. The predicted molar refractivity (Wildman–Crippen MR) is 122 cm³/mol. The van der Waals surface area contributed by atoms with Crippen molar-refractivity contribution < 1.29 is 19.4 Å². The van der Waals surface area contributed by atoms with Crippen molar-refractivity contribution in [3.8, 4) is 17.2 Å². The second-order valence-corrected chi connectivity index (χ2v) is 7.71. The van der Waals surface area contributed by atoms with Crippen LogP contribution in [-0.4, -0.2) is 36.7 Å². The second-order valence-electron chi connectivity index (χ2n) is 7.71. The molecule has 0 saturated carbocycles. The summed E-state index contributed by atoms with van der Waals surface area (Å²) in [5.74, 6) is 0.300. The summed E-state index contributed by atoms with van der Waals surface area (Å²) in [6, 6.07) is 9.68. The van der Waals surface area contributed by atoms with Gasteiger partial charge in [0.2, 0.25) is 0 Å². The summed E-state index contributed by atoms with van der Waals surface area (Å²) in [5.41, 5.74) is 2.16. The number of carbonyl (C=O) groups excluding carboxylic acids is 1. The Bertz CT molecular complexity index is 983. The summed E-state index contributed by atoms with van der Waals surface area (Å²) in [7, 11) is 1.47. The molecular formula is C25H29NO4. The Morgan fingerprint density at radius 2 is 1.87 bits per heavy atom. The normalized spacial score (nSPS) is 14.3. The smallest absolute Gasteiger partial charge is 0.193 e. The average molecular weight is 408 g/mol. The van der Waals surface area contributed by atoms with Crippen LogP contribution in [0.5, 0.6) is 17.2 Å². The van der Waals surface area contributed by atoms with Gasteiger partial charge in [0.05, 0.1) is 12.7 Å². The fourth-order valence-electron chi connectivity index (χ4n) is 3.52. The molecule has 1 aliphatic heterocycles. The van der Waals surface area contributed by atoms with Crippen molar-refractivity contribution in [1.29, 1.82) is 0 Å². The van der Waals surface area contributed by atoms with Gasteiger partial charge in [-0.3, -0.25) is 4.79 Å². The van der Waals surface area contributed by atoms with Crippen LogP contribution in [-0.2, 0) is 0 Å². The van der Waals surface area contributed by atoms with Crippen LogP contribution in [0.25, 0.3) is 12.2 Å². The molecule has 0 saturated heterocycles. The number of phenols is 1. The molecule has 0 atom stereocenters. The first-order valence-electron chi connectivity index (χ1n) is 10.2. The van der Waals surface area contributed by atoms with E-state index in [2.05, 4.69) is 18.7 Å². The van der Waals surface area contributed by atoms with E-state index in [9.17, 15) is 9.90 Å². The number of rotatable bonds is 7. The highest BCUT2D eigenvalue weighted by atomic mass is 16.5. The van der Waals surface area contributed by atoms with Crippen molar-refractivity contribution in [2.45, 2.75) is 33.3 Å². The van der Waals surface area contributed by atoms with Gasteiger partial charge < -0.3 is 19.5 Å². The second kappa shape index (κ2) is 8.66. The van der Waals surface area contributed by atoms with E-state index in [1.54, 1.807) is 18.2 Å². The number of methoxy groups -OCH3 is 1. The predicted octanol–water partition coefficient (Wildman–Crippen LogP) is 5.33. The van der Waals surface area contributed by atoms with Crippen LogP contribution < -0.4 is 14.4 Å². The molecular weight excluding hydrogens is 378 g/mol. The van der Waals surface area contributed by atoms with E-state index >= 15 is 0 Å². The minimum atomic E-state index is -0.493. The molecule has 0 spiro atoms. The highest BCUT2D eigenvalue weighted by Crippen LogP contribution is 2.43. The third-order valence-electron chi connectivity index (χ3n) is 5.21. The van der Waals surface area contributed by atoms with Crippen LogP contribution in [0.2, 0.25) is 0 Å². The Kier molecular flexibility index (Phi) is 6.20. The molecule has 2 aromatic rings. The van der Waals surface area contributed by atoms with E-state index in [0.29, 0.717) is 11.3 Å². The molecule has 1 aliphatic rings. The van der Waals surface area contributed by atoms with Crippen molar-refractivity contribution in [3.05, 3.63) is 59.2 Å². The molecule has 0 fully saturated rings. The quantitative estimate of drug-likeness (QED) is 0.497. The molecule has 0 radical (unpaired) electrons. The number of nitrogens with zero attached hydrogens (tertiary/aromatic N) is 1. The largest absolute Gasteiger partial charge is 0.506 e. The van der Waals surface area contributed by atoms with E-state index in [1.165, 1.54) is 13.2 Å². The van der Waals surface area contributed by atoms with Crippen LogP contribution in [0.1, 0.15) is 49.2 Å². The summed E-state index contributed by atoms with van der Waals surface area (Å²) in [4.78, 5) is 15.2. The van der Waals surface area contributed by atoms with Gasteiger partial charge in [-0.25, -0.2) is 0 Å². The standard InChI is InChI=1S/C25H29NO4/c1-6-26(7-2)18-11-8-17(9-12-18)10-13-20(27)23-22(29-5)16-21-19(24(23)28)14-15-25(3,4)30-21/h8-16,28H,6-7H2,1-5H3/b13-10+. The van der Waals surface area contributed by atoms with Gasteiger partial charge in [0, 0.05) is 24.8 Å². The maximum Gasteiger partial charge on any atom is 0.193 e. The molecule has 0 unspecified atom stereocenters. The number of ether oxygens (including phenoxy) is 2. The number of anilines is 1. The van der Waals surface area contributed by atoms with Gasteiger partial charge >= 0.3 is 0 Å². The first-order valence-corrected chi connectivity index (χ1v) is 10.2. The lowest BCUT2D eigenvalue weighted by molar-refractivity contribution is 0.104. The minimum Gasteiger partial charge on any atom is -0.506 e. The maximum atomic E-state index is 12.9. The SMILES string of the molecule is CCN(CC)c1ccc(/C=C/C(=O)c2c(OC)cc3c(c2O)C=CC(C)(C)O3)cc1. The number of benzene rings is 2. The fourth-order valence-corrected chi connectivity index (χ4v) is 3.52. The molecule has 0 aliphatic carbocycles. The van der Waals surface area contributed by atoms with E-state index < -0.39 is 5.60 Å². The number of fused-ring (bicyclic) bond motifs is 1. The van der Waals surface area contributed by atoms with Gasteiger partial charge in [-0.05, 0) is 63.6 Å². The Hall–Kier alpha value is -3.21. The molecule has 0 amide bonds. The molecule has 30 heavy (non-hydrogen) atoms. The highest BCUT2D eigenvalue weighted by Gasteiger charge is 2.28. The molecule has 5 heteroatoms. The summed E-state index contributed by atoms with van der Waals surface area (Å²) in [6.07, 6.45) is 6.82. The van der Waals surface area contributed by atoms with Crippen LogP contribution in [0.4, 0.5) is 5.69 Å². The van der Waals surface area contributed by atoms with Gasteiger partial charge in [0.1, 0.15) is 28.4 Å². The molecule has 3 rings (SSSR count). The van der Waals surface area contributed by atoms with Crippen LogP contribution in [0, 0.1) is 0 Å². The maximum absolute atomic E-state index is 12.9. The van der Waals surface area contributed by atoms with Gasteiger partial charge in [0.25, 0.3) is 0 Å². The molecule has 1 heterocycles. The van der Waals surface area contributed by atoms with Crippen molar-refractivity contribution in [2.75, 3.05) is 25.1 Å². The minimum absolute atomic E-state index is 0.125. The molecule has 2 aromatic carbocycles. The number of phenolic OH excluding ortho intramolecular Hbond substituents is 1. The van der Waals surface area contributed by atoms with E-state index in [1.807, 2.05) is 44.2 Å². The molecule has 5 nitrogen and oxygen atoms in total. The van der Waals surface area contributed by atoms with E-state index in [4.69, 9.17) is 9.47 Å². The van der Waals surface area contributed by atoms with Crippen LogP contribution >= 0.6 is 0 Å². The number of allylic oxidation sites excluding steroid dienone is 1. The number of aromatic hydroxyl groups is 1. The Morgan fingerprint density at radius 3 is 2.47 bits per heavy atom.